The van der Waals surface area contributed by atoms with E-state index in [0.29, 0.717) is 6.61 Å². The number of nitrogens with one attached hydrogen (secondary N) is 1. The number of rotatable bonds is 0. The molecule has 0 fully saturated rings. The van der Waals surface area contributed by atoms with Crippen LogP contribution < -0.4 is 5.43 Å². The lowest BCUT2D eigenvalue weighted by Gasteiger charge is -2.03. The minimum Gasteiger partial charge on any atom is -0.492 e. The first-order chi connectivity index (χ1) is 6.95. The summed E-state index contributed by atoms with van der Waals surface area (Å²) in [5.74, 6) is 0.885. The van der Waals surface area contributed by atoms with E-state index < -0.39 is 0 Å². The molecule has 0 atom stereocenters. The van der Waals surface area contributed by atoms with E-state index in [4.69, 9.17) is 4.74 Å². The van der Waals surface area contributed by atoms with Crippen molar-refractivity contribution < 1.29 is 4.74 Å². The summed E-state index contributed by atoms with van der Waals surface area (Å²) in [7, 11) is 0. The number of hydrogen-bond acceptors (Lipinski definition) is 3. The van der Waals surface area contributed by atoms with Crippen LogP contribution in [0, 0.1) is 0 Å². The molecule has 0 bridgehead atoms. The zero-order valence-corrected chi connectivity index (χ0v) is 7.47. The molecule has 1 aliphatic heterocycles. The van der Waals surface area contributed by atoms with Gasteiger partial charge in [-0.15, -0.1) is 0 Å². The number of hydrogen-bond donors (Lipinski definition) is 1. The van der Waals surface area contributed by atoms with E-state index in [-0.39, 0.29) is 0 Å². The van der Waals surface area contributed by atoms with Crippen LogP contribution in [-0.2, 0) is 11.3 Å². The maximum atomic E-state index is 5.22. The molecule has 1 aromatic heterocycles. The summed E-state index contributed by atoms with van der Waals surface area (Å²) in [4.78, 5) is 4.45. The van der Waals surface area contributed by atoms with Gasteiger partial charge < -0.3 is 4.74 Å². The fourth-order valence-corrected chi connectivity index (χ4v) is 1.59. The average Bonchev–Trinajstić information content (AvgIpc) is 2.42. The van der Waals surface area contributed by atoms with Gasteiger partial charge in [-0.25, -0.2) is 9.66 Å². The molecule has 4 heteroatoms. The molecule has 0 amide bonds. The maximum Gasteiger partial charge on any atom is 0.166 e. The highest BCUT2D eigenvalue weighted by molar-refractivity contribution is 5.76. The summed E-state index contributed by atoms with van der Waals surface area (Å²) in [6.45, 7) is 0.498. The van der Waals surface area contributed by atoms with Crippen molar-refractivity contribution >= 4 is 11.0 Å². The van der Waals surface area contributed by atoms with E-state index in [9.17, 15) is 0 Å². The van der Waals surface area contributed by atoms with Crippen LogP contribution >= 0.6 is 0 Å². The number of fused-ring (bicyclic) bond motifs is 3. The lowest BCUT2D eigenvalue weighted by atomic mass is 10.3. The van der Waals surface area contributed by atoms with E-state index in [2.05, 4.69) is 10.4 Å². The molecule has 3 rings (SSSR count). The molecule has 0 saturated carbocycles. The highest BCUT2D eigenvalue weighted by Gasteiger charge is 2.10. The fourth-order valence-electron chi connectivity index (χ4n) is 1.59. The first-order valence-electron chi connectivity index (χ1n) is 4.45. The standard InChI is InChI=1S/C10H9N3O/c1-2-4-9-8(3-1)12-10-7-14-6-5-11-13(9)10/h1-6,11H,7H2. The zero-order valence-electron chi connectivity index (χ0n) is 7.47. The minimum absolute atomic E-state index is 0.498. The zero-order chi connectivity index (χ0) is 9.38. The Bertz CT molecular complexity index is 501. The molecular formula is C10H9N3O. The quantitative estimate of drug-likeness (QED) is 0.680. The van der Waals surface area contributed by atoms with E-state index in [1.165, 1.54) is 0 Å². The first kappa shape index (κ1) is 7.44. The van der Waals surface area contributed by atoms with Gasteiger partial charge in [-0.3, -0.25) is 5.43 Å². The molecule has 4 nitrogen and oxygen atoms in total. The van der Waals surface area contributed by atoms with Crippen LogP contribution in [0.1, 0.15) is 5.82 Å². The van der Waals surface area contributed by atoms with Crippen LogP contribution in [0.3, 0.4) is 0 Å². The molecule has 1 N–H and O–H groups in total. The largest absolute Gasteiger partial charge is 0.492 e. The van der Waals surface area contributed by atoms with Crippen LogP contribution in [-0.4, -0.2) is 9.66 Å². The summed E-state index contributed by atoms with van der Waals surface area (Å²) >= 11 is 0. The SMILES string of the molecule is C1=COCc2nc3ccccc3n2N1. The van der Waals surface area contributed by atoms with Crippen molar-refractivity contribution in [2.75, 3.05) is 5.43 Å². The third-order valence-corrected chi connectivity index (χ3v) is 2.21. The predicted octanol–water partition coefficient (Wildman–Crippen LogP) is 1.58. The molecule has 14 heavy (non-hydrogen) atoms. The number of benzene rings is 1. The van der Waals surface area contributed by atoms with E-state index in [1.54, 1.807) is 12.5 Å². The van der Waals surface area contributed by atoms with Crippen molar-refractivity contribution in [1.82, 2.24) is 9.66 Å². The van der Waals surface area contributed by atoms with E-state index in [0.717, 1.165) is 16.9 Å². The number of para-hydroxylation sites is 2. The van der Waals surface area contributed by atoms with Crippen molar-refractivity contribution in [2.45, 2.75) is 6.61 Å². The Morgan fingerprint density at radius 1 is 1.36 bits per heavy atom. The van der Waals surface area contributed by atoms with Crippen LogP contribution in [0.4, 0.5) is 0 Å². The summed E-state index contributed by atoms with van der Waals surface area (Å²) < 4.78 is 7.15. The summed E-state index contributed by atoms with van der Waals surface area (Å²) in [5.41, 5.74) is 5.14. The van der Waals surface area contributed by atoms with Crippen molar-refractivity contribution in [3.05, 3.63) is 42.6 Å². The monoisotopic (exact) mass is 187 g/mol. The Balaban J connectivity index is 2.29. The summed E-state index contributed by atoms with van der Waals surface area (Å²) in [6, 6.07) is 7.99. The summed E-state index contributed by atoms with van der Waals surface area (Å²) in [6.07, 6.45) is 3.38. The molecule has 1 aliphatic rings. The van der Waals surface area contributed by atoms with Gasteiger partial charge >= 0.3 is 0 Å². The van der Waals surface area contributed by atoms with Gasteiger partial charge in [0.25, 0.3) is 0 Å². The number of ether oxygens (including phenoxy) is 1. The lowest BCUT2D eigenvalue weighted by Crippen LogP contribution is -2.09. The van der Waals surface area contributed by atoms with Gasteiger partial charge in [0.2, 0.25) is 0 Å². The Morgan fingerprint density at radius 2 is 2.29 bits per heavy atom. The average molecular weight is 187 g/mol. The third-order valence-electron chi connectivity index (χ3n) is 2.21. The van der Waals surface area contributed by atoms with Gasteiger partial charge in [-0.2, -0.15) is 0 Å². The number of aromatic nitrogens is 2. The topological polar surface area (TPSA) is 39.1 Å². The van der Waals surface area contributed by atoms with Crippen molar-refractivity contribution in [1.29, 1.82) is 0 Å². The van der Waals surface area contributed by atoms with Gasteiger partial charge in [0, 0.05) is 0 Å². The molecule has 0 unspecified atom stereocenters. The van der Waals surface area contributed by atoms with Gasteiger partial charge in [0.1, 0.15) is 12.9 Å². The molecule has 2 aromatic rings. The van der Waals surface area contributed by atoms with Crippen LogP contribution in [0.5, 0.6) is 0 Å². The second-order valence-electron chi connectivity index (χ2n) is 3.10. The van der Waals surface area contributed by atoms with Crippen LogP contribution in [0.25, 0.3) is 11.0 Å². The highest BCUT2D eigenvalue weighted by atomic mass is 16.5. The van der Waals surface area contributed by atoms with Crippen LogP contribution in [0.2, 0.25) is 0 Å². The second kappa shape index (κ2) is 2.77. The van der Waals surface area contributed by atoms with Crippen LogP contribution in [0.15, 0.2) is 36.7 Å². The maximum absolute atomic E-state index is 5.22. The minimum atomic E-state index is 0.498. The van der Waals surface area contributed by atoms with Crippen molar-refractivity contribution in [3.8, 4) is 0 Å². The molecule has 0 aliphatic carbocycles. The van der Waals surface area contributed by atoms with Gasteiger partial charge in [0.15, 0.2) is 5.82 Å². The van der Waals surface area contributed by atoms with E-state index >= 15 is 0 Å². The first-order valence-corrected chi connectivity index (χ1v) is 4.45. The lowest BCUT2D eigenvalue weighted by molar-refractivity contribution is 0.230. The molecule has 0 spiro atoms. The fraction of sp³-hybridized carbons (Fsp3) is 0.100. The molecule has 2 heterocycles. The Morgan fingerprint density at radius 3 is 3.29 bits per heavy atom. The summed E-state index contributed by atoms with van der Waals surface area (Å²) in [5, 5.41) is 0. The van der Waals surface area contributed by atoms with E-state index in [1.807, 2.05) is 28.9 Å². The highest BCUT2D eigenvalue weighted by Crippen LogP contribution is 2.16. The molecule has 0 saturated heterocycles. The Labute approximate surface area is 80.8 Å². The smallest absolute Gasteiger partial charge is 0.166 e. The molecular weight excluding hydrogens is 178 g/mol. The van der Waals surface area contributed by atoms with Gasteiger partial charge in [0.05, 0.1) is 17.2 Å². The Hall–Kier alpha value is -1.97. The molecule has 1 aromatic carbocycles. The molecule has 70 valence electrons. The number of imidazole rings is 1. The van der Waals surface area contributed by atoms with Gasteiger partial charge in [-0.1, -0.05) is 12.1 Å². The predicted molar refractivity (Wildman–Crippen MR) is 53.0 cm³/mol. The Kier molecular flexibility index (Phi) is 1.47. The van der Waals surface area contributed by atoms with Crippen molar-refractivity contribution in [2.24, 2.45) is 0 Å². The second-order valence-corrected chi connectivity index (χ2v) is 3.10. The van der Waals surface area contributed by atoms with Gasteiger partial charge in [-0.05, 0) is 12.1 Å². The molecule has 0 radical (unpaired) electrons. The normalized spacial score (nSPS) is 14.3. The third kappa shape index (κ3) is 0.970. The number of nitrogens with zero attached hydrogens (tertiary/aromatic N) is 2. The van der Waals surface area contributed by atoms with Crippen molar-refractivity contribution in [3.63, 3.8) is 0 Å².